The minimum atomic E-state index is -1.58. The summed E-state index contributed by atoms with van der Waals surface area (Å²) in [5.41, 5.74) is 1.48. The first-order valence-corrected chi connectivity index (χ1v) is 13.1. The Bertz CT molecular complexity index is 1090. The van der Waals surface area contributed by atoms with Crippen molar-refractivity contribution in [1.29, 1.82) is 0 Å². The maximum atomic E-state index is 13.6. The highest BCUT2D eigenvalue weighted by Crippen LogP contribution is 2.39. The van der Waals surface area contributed by atoms with E-state index in [-0.39, 0.29) is 29.5 Å². The minimum Gasteiger partial charge on any atom is -0.508 e. The van der Waals surface area contributed by atoms with Crippen molar-refractivity contribution in [3.8, 4) is 5.75 Å². The number of nitrogens with zero attached hydrogens (tertiary/aromatic N) is 1. The van der Waals surface area contributed by atoms with Gasteiger partial charge in [0.2, 0.25) is 5.91 Å². The molecule has 0 radical (unpaired) electrons. The lowest BCUT2D eigenvalue weighted by atomic mass is 9.96. The largest absolute Gasteiger partial charge is 0.508 e. The fourth-order valence-electron chi connectivity index (χ4n) is 4.32. The van der Waals surface area contributed by atoms with Gasteiger partial charge in [0.25, 0.3) is 11.8 Å². The molecule has 1 heterocycles. The number of carbonyl (C=O) groups is 3. The van der Waals surface area contributed by atoms with Crippen molar-refractivity contribution in [3.05, 3.63) is 65.2 Å². The van der Waals surface area contributed by atoms with Gasteiger partial charge in [-0.1, -0.05) is 43.3 Å². The molecule has 2 aromatic rings. The highest BCUT2D eigenvalue weighted by Gasteiger charge is 2.49. The number of aromatic hydroxyl groups is 1. The summed E-state index contributed by atoms with van der Waals surface area (Å²) in [5, 5.41) is 27.0. The lowest BCUT2D eigenvalue weighted by Crippen LogP contribution is -2.58. The van der Waals surface area contributed by atoms with E-state index in [1.54, 1.807) is 19.1 Å². The molecule has 1 aliphatic heterocycles. The normalized spacial score (nSPS) is 18.4. The van der Waals surface area contributed by atoms with Crippen LogP contribution in [0.2, 0.25) is 0 Å². The van der Waals surface area contributed by atoms with Crippen LogP contribution < -0.4 is 10.6 Å². The predicted octanol–water partition coefficient (Wildman–Crippen LogP) is 2.61. The Hall–Kier alpha value is -3.04. The van der Waals surface area contributed by atoms with E-state index in [1.165, 1.54) is 22.7 Å². The van der Waals surface area contributed by atoms with Crippen LogP contribution in [-0.2, 0) is 16.0 Å². The Morgan fingerprint density at radius 1 is 1.14 bits per heavy atom. The third-order valence-electron chi connectivity index (χ3n) is 6.43. The number of aliphatic hydroxyl groups excluding tert-OH is 1. The van der Waals surface area contributed by atoms with Crippen molar-refractivity contribution < 1.29 is 24.6 Å². The number of aliphatic hydroxyl groups is 1. The summed E-state index contributed by atoms with van der Waals surface area (Å²) in [4.78, 5) is 41.1. The topological polar surface area (TPSA) is 119 Å². The van der Waals surface area contributed by atoms with Gasteiger partial charge in [0.15, 0.2) is 6.10 Å². The second kappa shape index (κ2) is 11.8. The van der Waals surface area contributed by atoms with Crippen molar-refractivity contribution in [2.45, 2.75) is 63.5 Å². The number of phenolic OH excluding ortho intramolecular Hbond substituents is 1. The quantitative estimate of drug-likeness (QED) is 0.409. The van der Waals surface area contributed by atoms with E-state index in [4.69, 9.17) is 0 Å². The van der Waals surface area contributed by atoms with Gasteiger partial charge in [-0.2, -0.15) is 0 Å². The van der Waals surface area contributed by atoms with Gasteiger partial charge in [0, 0.05) is 22.4 Å². The maximum Gasteiger partial charge on any atom is 0.254 e. The van der Waals surface area contributed by atoms with Crippen molar-refractivity contribution in [1.82, 2.24) is 15.5 Å². The molecule has 4 N–H and O–H groups in total. The molecular formula is C27H35N3O5S. The Kier molecular flexibility index (Phi) is 9.03. The number of nitrogens with one attached hydrogen (secondary N) is 2. The average Bonchev–Trinajstić information content (AvgIpc) is 3.18. The zero-order chi connectivity index (χ0) is 26.5. The highest BCUT2D eigenvalue weighted by atomic mass is 32.2. The van der Waals surface area contributed by atoms with Gasteiger partial charge in [-0.05, 0) is 51.3 Å². The summed E-state index contributed by atoms with van der Waals surface area (Å²) in [5.74, 6) is -1.14. The smallest absolute Gasteiger partial charge is 0.254 e. The third kappa shape index (κ3) is 6.20. The number of hydrogen-bond donors (Lipinski definition) is 4. The molecule has 0 bridgehead atoms. The summed E-state index contributed by atoms with van der Waals surface area (Å²) >= 11 is 1.47. The highest BCUT2D eigenvalue weighted by molar-refractivity contribution is 8.00. The number of amides is 3. The fraction of sp³-hybridized carbons (Fsp3) is 0.444. The van der Waals surface area contributed by atoms with Gasteiger partial charge >= 0.3 is 0 Å². The van der Waals surface area contributed by atoms with Gasteiger partial charge in [-0.15, -0.1) is 11.8 Å². The molecule has 2 aromatic carbocycles. The van der Waals surface area contributed by atoms with Crippen LogP contribution in [0.1, 0.15) is 48.7 Å². The zero-order valence-corrected chi connectivity index (χ0v) is 22.0. The van der Waals surface area contributed by atoms with Gasteiger partial charge < -0.3 is 25.7 Å². The molecule has 9 heteroatoms. The molecule has 0 spiro atoms. The van der Waals surface area contributed by atoms with Gasteiger partial charge in [0.05, 0.1) is 11.9 Å². The first kappa shape index (κ1) is 27.5. The van der Waals surface area contributed by atoms with Crippen molar-refractivity contribution in [3.63, 3.8) is 0 Å². The van der Waals surface area contributed by atoms with Crippen LogP contribution in [0.15, 0.2) is 48.5 Å². The van der Waals surface area contributed by atoms with E-state index in [1.807, 2.05) is 51.1 Å². The van der Waals surface area contributed by atoms with Crippen LogP contribution in [-0.4, -0.2) is 68.2 Å². The molecule has 194 valence electrons. The predicted molar refractivity (Wildman–Crippen MR) is 141 cm³/mol. The van der Waals surface area contributed by atoms with E-state index in [0.29, 0.717) is 12.1 Å². The summed E-state index contributed by atoms with van der Waals surface area (Å²) < 4.78 is -0.538. The fourth-order valence-corrected chi connectivity index (χ4v) is 5.47. The van der Waals surface area contributed by atoms with Crippen LogP contribution in [0.3, 0.4) is 0 Å². The molecule has 36 heavy (non-hydrogen) atoms. The van der Waals surface area contributed by atoms with Crippen molar-refractivity contribution >= 4 is 29.5 Å². The van der Waals surface area contributed by atoms with Crippen molar-refractivity contribution in [2.24, 2.45) is 0 Å². The number of phenols is 1. The number of benzene rings is 2. The Labute approximate surface area is 216 Å². The number of carbonyl (C=O) groups excluding carboxylic acids is 3. The molecule has 0 unspecified atom stereocenters. The average molecular weight is 514 g/mol. The van der Waals surface area contributed by atoms with E-state index >= 15 is 0 Å². The molecule has 3 rings (SSSR count). The first-order valence-electron chi connectivity index (χ1n) is 12.1. The molecule has 1 aliphatic rings. The van der Waals surface area contributed by atoms with Gasteiger partial charge in [0.1, 0.15) is 11.8 Å². The SMILES string of the molecule is CCCNC(=O)[C@H]1N(C(=O)[C@@H](O)[C@H](Cc2ccccc2)NC(=O)c2cccc(O)c2C)CSC1(C)C. The van der Waals surface area contributed by atoms with Crippen LogP contribution in [0.25, 0.3) is 0 Å². The van der Waals surface area contributed by atoms with Gasteiger partial charge in [-0.3, -0.25) is 14.4 Å². The molecular weight excluding hydrogens is 478 g/mol. The van der Waals surface area contributed by atoms with Crippen LogP contribution in [0.5, 0.6) is 5.75 Å². The van der Waals surface area contributed by atoms with Crippen LogP contribution in [0, 0.1) is 6.92 Å². The molecule has 1 saturated heterocycles. The Morgan fingerprint density at radius 2 is 1.83 bits per heavy atom. The second-order valence-electron chi connectivity index (χ2n) is 9.54. The van der Waals surface area contributed by atoms with Gasteiger partial charge in [-0.25, -0.2) is 0 Å². The maximum absolute atomic E-state index is 13.6. The molecule has 1 fully saturated rings. The molecule has 8 nitrogen and oxygen atoms in total. The minimum absolute atomic E-state index is 0.0175. The Morgan fingerprint density at radius 3 is 2.50 bits per heavy atom. The number of rotatable bonds is 9. The third-order valence-corrected chi connectivity index (χ3v) is 7.80. The van der Waals surface area contributed by atoms with E-state index in [0.717, 1.165) is 12.0 Å². The molecule has 0 aromatic heterocycles. The number of thioether (sulfide) groups is 1. The monoisotopic (exact) mass is 513 g/mol. The standard InChI is InChI=1S/C27H35N3O5S/c1-5-14-28-25(34)23-27(3,4)36-16-30(23)26(35)22(32)20(15-18-10-7-6-8-11-18)29-24(33)19-12-9-13-21(31)17(19)2/h6-13,20,22-23,31-32H,5,14-16H2,1-4H3,(H,28,34)(H,29,33)/t20-,22-,23+/m0/s1. The summed E-state index contributed by atoms with van der Waals surface area (Å²) in [6.07, 6.45) is -0.612. The van der Waals surface area contributed by atoms with Crippen molar-refractivity contribution in [2.75, 3.05) is 12.4 Å². The summed E-state index contributed by atoms with van der Waals surface area (Å²) in [6, 6.07) is 12.2. The molecule has 0 saturated carbocycles. The molecule has 0 aliphatic carbocycles. The van der Waals surface area contributed by atoms with Crippen LogP contribution in [0.4, 0.5) is 0 Å². The molecule has 3 amide bonds. The summed E-state index contributed by atoms with van der Waals surface area (Å²) in [6.45, 7) is 7.88. The van der Waals surface area contributed by atoms with E-state index < -0.39 is 34.7 Å². The summed E-state index contributed by atoms with van der Waals surface area (Å²) in [7, 11) is 0. The number of hydrogen-bond acceptors (Lipinski definition) is 6. The lowest BCUT2D eigenvalue weighted by Gasteiger charge is -2.33. The lowest BCUT2D eigenvalue weighted by molar-refractivity contribution is -0.147. The zero-order valence-electron chi connectivity index (χ0n) is 21.2. The first-order chi connectivity index (χ1) is 17.1. The second-order valence-corrected chi connectivity index (χ2v) is 11.1. The van der Waals surface area contributed by atoms with Crippen LogP contribution >= 0.6 is 11.8 Å². The molecule has 3 atom stereocenters. The van der Waals surface area contributed by atoms with E-state index in [2.05, 4.69) is 10.6 Å². The Balaban J connectivity index is 1.87. The van der Waals surface area contributed by atoms with E-state index in [9.17, 15) is 24.6 Å².